The fourth-order valence-electron chi connectivity index (χ4n) is 3.82. The lowest BCUT2D eigenvalue weighted by atomic mass is 10.1. The van der Waals surface area contributed by atoms with Crippen molar-refractivity contribution in [3.05, 3.63) is 77.1 Å². The van der Waals surface area contributed by atoms with E-state index in [1.54, 1.807) is 42.0 Å². The fourth-order valence-corrected chi connectivity index (χ4v) is 4.58. The zero-order valence-electron chi connectivity index (χ0n) is 20.9. The molecule has 3 aromatic rings. The maximum absolute atomic E-state index is 12.7. The summed E-state index contributed by atoms with van der Waals surface area (Å²) in [5.74, 6) is 0.574. The van der Waals surface area contributed by atoms with E-state index in [-0.39, 0.29) is 24.2 Å². The minimum Gasteiger partial charge on any atom is -0.497 e. The van der Waals surface area contributed by atoms with Gasteiger partial charge in [-0.2, -0.15) is 0 Å². The summed E-state index contributed by atoms with van der Waals surface area (Å²) >= 11 is 1.22. The third-order valence-electron chi connectivity index (χ3n) is 5.48. The number of amides is 2. The number of ether oxygens (including phenoxy) is 1. The van der Waals surface area contributed by atoms with Crippen LogP contribution in [0.1, 0.15) is 38.9 Å². The zero-order valence-corrected chi connectivity index (χ0v) is 21.7. The van der Waals surface area contributed by atoms with Gasteiger partial charge in [0.25, 0.3) is 5.91 Å². The minimum absolute atomic E-state index is 0.115. The molecule has 0 fully saturated rings. The molecule has 0 aliphatic rings. The Morgan fingerprint density at radius 3 is 2.42 bits per heavy atom. The molecular formula is C26H31N5O4S. The van der Waals surface area contributed by atoms with Crippen LogP contribution in [0.2, 0.25) is 0 Å². The summed E-state index contributed by atoms with van der Waals surface area (Å²) in [6.45, 7) is 9.69. The maximum atomic E-state index is 12.7. The average molecular weight is 510 g/mol. The van der Waals surface area contributed by atoms with E-state index in [0.717, 1.165) is 22.4 Å². The molecule has 36 heavy (non-hydrogen) atoms. The Labute approximate surface area is 215 Å². The summed E-state index contributed by atoms with van der Waals surface area (Å²) in [5, 5.41) is 24.6. The summed E-state index contributed by atoms with van der Waals surface area (Å²) in [4.78, 5) is 25.4. The van der Waals surface area contributed by atoms with Crippen molar-refractivity contribution in [1.82, 2.24) is 20.1 Å². The summed E-state index contributed by atoms with van der Waals surface area (Å²) in [5.41, 5.74) is 4.36. The number of aliphatic hydroxyl groups excluding tert-OH is 1. The molecule has 0 radical (unpaired) electrons. The molecule has 0 saturated carbocycles. The lowest BCUT2D eigenvalue weighted by Crippen LogP contribution is -2.33. The largest absolute Gasteiger partial charge is 0.497 e. The number of aliphatic hydroxyl groups is 1. The van der Waals surface area contributed by atoms with Crippen LogP contribution in [0.3, 0.4) is 0 Å². The highest BCUT2D eigenvalue weighted by molar-refractivity contribution is 7.99. The van der Waals surface area contributed by atoms with Gasteiger partial charge in [0.1, 0.15) is 11.8 Å². The number of anilines is 1. The van der Waals surface area contributed by atoms with Crippen molar-refractivity contribution in [2.75, 3.05) is 24.8 Å². The summed E-state index contributed by atoms with van der Waals surface area (Å²) in [6.07, 6.45) is 1.66. The molecule has 9 nitrogen and oxygen atoms in total. The molecule has 0 saturated heterocycles. The van der Waals surface area contributed by atoms with Crippen LogP contribution < -0.4 is 15.4 Å². The first-order chi connectivity index (χ1) is 17.3. The smallest absolute Gasteiger partial charge is 0.251 e. The van der Waals surface area contributed by atoms with Crippen LogP contribution >= 0.6 is 11.8 Å². The van der Waals surface area contributed by atoms with E-state index in [9.17, 15) is 14.7 Å². The van der Waals surface area contributed by atoms with E-state index in [2.05, 4.69) is 27.4 Å². The third-order valence-corrected chi connectivity index (χ3v) is 6.45. The van der Waals surface area contributed by atoms with E-state index in [1.807, 2.05) is 32.9 Å². The Morgan fingerprint density at radius 2 is 1.83 bits per heavy atom. The predicted molar refractivity (Wildman–Crippen MR) is 141 cm³/mol. The number of carbonyl (C=O) groups excluding carboxylic acids is 2. The first kappa shape index (κ1) is 27.0. The highest BCUT2D eigenvalue weighted by Gasteiger charge is 2.23. The number of allylic oxidation sites excluding steroid dienone is 1. The van der Waals surface area contributed by atoms with Gasteiger partial charge in [0.05, 0.1) is 19.5 Å². The summed E-state index contributed by atoms with van der Waals surface area (Å²) < 4.78 is 6.85. The molecule has 1 atom stereocenters. The lowest BCUT2D eigenvalue weighted by Gasteiger charge is -2.17. The third kappa shape index (κ3) is 6.52. The van der Waals surface area contributed by atoms with Gasteiger partial charge in [-0.1, -0.05) is 35.5 Å². The molecule has 0 unspecified atom stereocenters. The number of carbonyl (C=O) groups is 2. The zero-order chi connectivity index (χ0) is 26.2. The Kier molecular flexibility index (Phi) is 9.26. The molecule has 3 rings (SSSR count). The van der Waals surface area contributed by atoms with E-state index >= 15 is 0 Å². The highest BCUT2D eigenvalue weighted by atomic mass is 32.2. The highest BCUT2D eigenvalue weighted by Crippen LogP contribution is 2.24. The van der Waals surface area contributed by atoms with Gasteiger partial charge >= 0.3 is 0 Å². The van der Waals surface area contributed by atoms with Crippen LogP contribution in [0.15, 0.2) is 54.2 Å². The van der Waals surface area contributed by atoms with Gasteiger partial charge in [-0.05, 0) is 56.2 Å². The Bertz CT molecular complexity index is 1220. The normalized spacial score (nSPS) is 11.6. The molecule has 2 aromatic carbocycles. The van der Waals surface area contributed by atoms with Gasteiger partial charge in [0.2, 0.25) is 5.91 Å². The van der Waals surface area contributed by atoms with Crippen molar-refractivity contribution in [3.63, 3.8) is 0 Å². The number of methoxy groups -OCH3 is 1. The first-order valence-electron chi connectivity index (χ1n) is 11.4. The second kappa shape index (κ2) is 12.4. The quantitative estimate of drug-likeness (QED) is 0.267. The molecule has 0 aliphatic carbocycles. The Morgan fingerprint density at radius 1 is 1.17 bits per heavy atom. The Hall–Kier alpha value is -3.63. The predicted octanol–water partition coefficient (Wildman–Crippen LogP) is 3.59. The second-order valence-corrected chi connectivity index (χ2v) is 9.23. The summed E-state index contributed by atoms with van der Waals surface area (Å²) in [6, 6.07) is 9.89. The minimum atomic E-state index is -0.798. The number of aryl methyl sites for hydroxylation is 3. The van der Waals surface area contributed by atoms with Gasteiger partial charge in [0, 0.05) is 17.8 Å². The van der Waals surface area contributed by atoms with Crippen molar-refractivity contribution in [3.8, 4) is 5.75 Å². The molecule has 1 aromatic heterocycles. The van der Waals surface area contributed by atoms with Gasteiger partial charge in [-0.25, -0.2) is 0 Å². The van der Waals surface area contributed by atoms with Gasteiger partial charge in [-0.3, -0.25) is 9.59 Å². The van der Waals surface area contributed by atoms with Crippen LogP contribution in [0.4, 0.5) is 5.69 Å². The topological polar surface area (TPSA) is 118 Å². The van der Waals surface area contributed by atoms with E-state index < -0.39 is 6.04 Å². The number of benzene rings is 2. The number of nitrogens with one attached hydrogen (secondary N) is 2. The monoisotopic (exact) mass is 509 g/mol. The SMILES string of the molecule is C=CCn1c(SCC(=O)Nc2c(C)cc(C)cc2C)nnc1[C@H](CO)NC(=O)c1ccc(OC)cc1. The molecule has 10 heteroatoms. The molecule has 2 amide bonds. The Balaban J connectivity index is 1.72. The van der Waals surface area contributed by atoms with Crippen molar-refractivity contribution < 1.29 is 19.4 Å². The van der Waals surface area contributed by atoms with Crippen LogP contribution in [-0.2, 0) is 11.3 Å². The van der Waals surface area contributed by atoms with Crippen molar-refractivity contribution >= 4 is 29.3 Å². The number of hydrogen-bond acceptors (Lipinski definition) is 7. The van der Waals surface area contributed by atoms with E-state index in [1.165, 1.54) is 11.8 Å². The van der Waals surface area contributed by atoms with Crippen LogP contribution in [0.5, 0.6) is 5.75 Å². The lowest BCUT2D eigenvalue weighted by molar-refractivity contribution is -0.113. The van der Waals surface area contributed by atoms with Crippen molar-refractivity contribution in [2.45, 2.75) is 38.5 Å². The van der Waals surface area contributed by atoms with E-state index in [4.69, 9.17) is 4.74 Å². The fraction of sp³-hybridized carbons (Fsp3) is 0.308. The van der Waals surface area contributed by atoms with Crippen LogP contribution in [0, 0.1) is 20.8 Å². The molecule has 0 aliphatic heterocycles. The first-order valence-corrected chi connectivity index (χ1v) is 12.4. The van der Waals surface area contributed by atoms with Crippen molar-refractivity contribution in [2.24, 2.45) is 0 Å². The molecule has 190 valence electrons. The number of nitrogens with zero attached hydrogens (tertiary/aromatic N) is 3. The molecule has 3 N–H and O–H groups in total. The number of thioether (sulfide) groups is 1. The molecule has 0 spiro atoms. The average Bonchev–Trinajstić information content (AvgIpc) is 3.25. The maximum Gasteiger partial charge on any atom is 0.251 e. The molecular weight excluding hydrogens is 478 g/mol. The van der Waals surface area contributed by atoms with Gasteiger partial charge in [-0.15, -0.1) is 16.8 Å². The number of rotatable bonds is 11. The van der Waals surface area contributed by atoms with Gasteiger partial charge < -0.3 is 25.0 Å². The van der Waals surface area contributed by atoms with Crippen LogP contribution in [0.25, 0.3) is 0 Å². The standard InChI is InChI=1S/C26H31N5O4S/c1-6-11-31-24(21(14-32)27-25(34)19-7-9-20(35-5)10-8-19)29-30-26(31)36-15-22(33)28-23-17(3)12-16(2)13-18(23)4/h6-10,12-13,21,32H,1,11,14-15H2,2-5H3,(H,27,34)(H,28,33)/t21-/m0/s1. The van der Waals surface area contributed by atoms with E-state index in [0.29, 0.717) is 28.8 Å². The van der Waals surface area contributed by atoms with Crippen molar-refractivity contribution in [1.29, 1.82) is 0 Å². The van der Waals surface area contributed by atoms with Gasteiger partial charge in [0.15, 0.2) is 11.0 Å². The number of aromatic nitrogens is 3. The number of hydrogen-bond donors (Lipinski definition) is 3. The second-order valence-electron chi connectivity index (χ2n) is 8.29. The molecule has 1 heterocycles. The molecule has 0 bridgehead atoms. The summed E-state index contributed by atoms with van der Waals surface area (Å²) in [7, 11) is 1.55. The van der Waals surface area contributed by atoms with Crippen LogP contribution in [-0.4, -0.2) is 51.2 Å².